The van der Waals surface area contributed by atoms with Crippen molar-refractivity contribution in [1.82, 2.24) is 15.1 Å². The number of alkyl halides is 3. The molecule has 0 bridgehead atoms. The lowest BCUT2D eigenvalue weighted by atomic mass is 9.88. The Morgan fingerprint density at radius 3 is 2.47 bits per heavy atom. The minimum absolute atomic E-state index is 0.0491. The van der Waals surface area contributed by atoms with Crippen LogP contribution in [0.4, 0.5) is 29.3 Å². The third kappa shape index (κ3) is 4.46. The molecule has 2 N–H and O–H groups in total. The molecule has 2 fully saturated rings. The number of aliphatic hydroxyl groups is 1. The molecule has 0 radical (unpaired) electrons. The summed E-state index contributed by atoms with van der Waals surface area (Å²) in [6.07, 6.45) is -3.59. The molecular formula is C24H27F3N4O2S. The van der Waals surface area contributed by atoms with Crippen molar-refractivity contribution in [2.24, 2.45) is 0 Å². The summed E-state index contributed by atoms with van der Waals surface area (Å²) in [5.41, 5.74) is 0.360. The number of para-hydroxylation sites is 1. The van der Waals surface area contributed by atoms with E-state index in [0.717, 1.165) is 47.5 Å². The lowest BCUT2D eigenvalue weighted by Crippen LogP contribution is -2.54. The van der Waals surface area contributed by atoms with Crippen molar-refractivity contribution in [2.75, 3.05) is 44.7 Å². The van der Waals surface area contributed by atoms with Gasteiger partial charge in [0.05, 0.1) is 35.1 Å². The summed E-state index contributed by atoms with van der Waals surface area (Å²) in [6.45, 7) is 2.77. The largest absolute Gasteiger partial charge is 0.416 e. The number of halogens is 3. The number of urea groups is 1. The summed E-state index contributed by atoms with van der Waals surface area (Å²) in [5, 5.41) is 14.1. The van der Waals surface area contributed by atoms with Gasteiger partial charge in [-0.05, 0) is 43.2 Å². The van der Waals surface area contributed by atoms with Crippen LogP contribution in [-0.2, 0) is 6.18 Å². The van der Waals surface area contributed by atoms with Crippen molar-refractivity contribution >= 4 is 29.2 Å². The zero-order valence-electron chi connectivity index (χ0n) is 18.8. The van der Waals surface area contributed by atoms with Gasteiger partial charge in [0.2, 0.25) is 0 Å². The minimum Gasteiger partial charge on any atom is -0.390 e. The van der Waals surface area contributed by atoms with Crippen LogP contribution in [0.5, 0.6) is 0 Å². The highest BCUT2D eigenvalue weighted by molar-refractivity contribution is 7.99. The first-order valence-corrected chi connectivity index (χ1v) is 12.1. The molecule has 2 saturated heterocycles. The summed E-state index contributed by atoms with van der Waals surface area (Å²) in [7, 11) is 1.79. The maximum Gasteiger partial charge on any atom is 0.416 e. The number of nitrogens with one attached hydrogen (secondary N) is 1. The van der Waals surface area contributed by atoms with Gasteiger partial charge in [0, 0.05) is 43.0 Å². The Morgan fingerprint density at radius 2 is 1.79 bits per heavy atom. The van der Waals surface area contributed by atoms with Crippen molar-refractivity contribution in [3.05, 3.63) is 48.0 Å². The standard InChI is InChI=1S/C24H27F3N4O2S/c1-29-15-23(28-22(29)33)8-10-30(11-9-23)13-17(32)14-31-18-4-2-3-5-20(18)34-21-7-6-16(12-19(21)31)24(25,26)27/h2-7,12,17,32H,8-11,13-15H2,1H3,(H,28,33). The predicted molar refractivity (Wildman–Crippen MR) is 125 cm³/mol. The van der Waals surface area contributed by atoms with Gasteiger partial charge >= 0.3 is 12.2 Å². The lowest BCUT2D eigenvalue weighted by Gasteiger charge is -2.40. The quantitative estimate of drug-likeness (QED) is 0.672. The first-order valence-electron chi connectivity index (χ1n) is 11.3. The second kappa shape index (κ2) is 8.66. The number of piperidine rings is 1. The Kier molecular flexibility index (Phi) is 5.94. The highest BCUT2D eigenvalue weighted by Gasteiger charge is 2.43. The van der Waals surface area contributed by atoms with Gasteiger partial charge in [0.25, 0.3) is 0 Å². The molecule has 1 unspecified atom stereocenters. The number of likely N-dealkylation sites (tertiary alicyclic amines) is 1. The average Bonchev–Trinajstić information content (AvgIpc) is 3.07. The fourth-order valence-electron chi connectivity index (χ4n) is 5.10. The maximum atomic E-state index is 13.4. The number of amides is 2. The van der Waals surface area contributed by atoms with E-state index < -0.39 is 17.8 Å². The van der Waals surface area contributed by atoms with Crippen molar-refractivity contribution in [3.8, 4) is 0 Å². The van der Waals surface area contributed by atoms with E-state index in [4.69, 9.17) is 0 Å². The van der Waals surface area contributed by atoms with E-state index in [1.54, 1.807) is 16.8 Å². The van der Waals surface area contributed by atoms with Crippen LogP contribution < -0.4 is 10.2 Å². The average molecular weight is 493 g/mol. The molecule has 0 saturated carbocycles. The number of aliphatic hydroxyl groups excluding tert-OH is 1. The van der Waals surface area contributed by atoms with Gasteiger partial charge in [0.15, 0.2) is 0 Å². The number of β-amino-alcohol motifs (C(OH)–C–C–N with tert-alkyl or cyclic N) is 1. The van der Waals surface area contributed by atoms with Crippen LogP contribution in [0.1, 0.15) is 18.4 Å². The highest BCUT2D eigenvalue weighted by Crippen LogP contribution is 2.49. The van der Waals surface area contributed by atoms with Gasteiger partial charge in [-0.25, -0.2) is 4.79 Å². The molecule has 2 aromatic rings. The molecule has 6 nitrogen and oxygen atoms in total. The van der Waals surface area contributed by atoms with E-state index in [-0.39, 0.29) is 18.1 Å². The Hall–Kier alpha value is -2.43. The molecule has 3 aliphatic heterocycles. The van der Waals surface area contributed by atoms with Gasteiger partial charge in [-0.15, -0.1) is 0 Å². The zero-order valence-corrected chi connectivity index (χ0v) is 19.6. The topological polar surface area (TPSA) is 59.1 Å². The van der Waals surface area contributed by atoms with Crippen LogP contribution in [-0.4, -0.2) is 72.4 Å². The van der Waals surface area contributed by atoms with Crippen molar-refractivity contribution in [2.45, 2.75) is 40.5 Å². The number of carbonyl (C=O) groups is 1. The molecule has 3 heterocycles. The number of likely N-dealkylation sites (N-methyl/N-ethyl adjacent to an activating group) is 1. The number of nitrogens with zero attached hydrogens (tertiary/aromatic N) is 3. The molecule has 2 amide bonds. The van der Waals surface area contributed by atoms with E-state index >= 15 is 0 Å². The van der Waals surface area contributed by atoms with Crippen LogP contribution >= 0.6 is 11.8 Å². The van der Waals surface area contributed by atoms with Crippen LogP contribution in [0.2, 0.25) is 0 Å². The van der Waals surface area contributed by atoms with E-state index in [1.807, 2.05) is 24.3 Å². The van der Waals surface area contributed by atoms with Crippen LogP contribution in [0.3, 0.4) is 0 Å². The molecule has 0 aliphatic carbocycles. The molecule has 2 aromatic carbocycles. The summed E-state index contributed by atoms with van der Waals surface area (Å²) < 4.78 is 40.2. The van der Waals surface area contributed by atoms with Gasteiger partial charge in [-0.1, -0.05) is 23.9 Å². The molecular weight excluding hydrogens is 465 g/mol. The van der Waals surface area contributed by atoms with Crippen molar-refractivity contribution in [3.63, 3.8) is 0 Å². The number of anilines is 2. The number of hydrogen-bond donors (Lipinski definition) is 2. The van der Waals surface area contributed by atoms with E-state index in [9.17, 15) is 23.1 Å². The summed E-state index contributed by atoms with van der Waals surface area (Å²) in [4.78, 5) is 19.2. The molecule has 1 spiro atoms. The minimum atomic E-state index is -4.44. The fraction of sp³-hybridized carbons (Fsp3) is 0.458. The monoisotopic (exact) mass is 492 g/mol. The first kappa shape index (κ1) is 23.3. The number of carbonyl (C=O) groups excluding carboxylic acids is 1. The molecule has 5 rings (SSSR count). The molecule has 182 valence electrons. The Bertz CT molecular complexity index is 1090. The van der Waals surface area contributed by atoms with Crippen LogP contribution in [0.15, 0.2) is 52.3 Å². The lowest BCUT2D eigenvalue weighted by molar-refractivity contribution is -0.137. The third-order valence-electron chi connectivity index (χ3n) is 6.89. The molecule has 3 aliphatic rings. The second-order valence-corrected chi connectivity index (χ2v) is 10.5. The second-order valence-electron chi connectivity index (χ2n) is 9.38. The third-order valence-corrected chi connectivity index (χ3v) is 8.02. The zero-order chi connectivity index (χ0) is 24.1. The summed E-state index contributed by atoms with van der Waals surface area (Å²) in [6, 6.07) is 11.3. The van der Waals surface area contributed by atoms with E-state index in [0.29, 0.717) is 18.8 Å². The van der Waals surface area contributed by atoms with Crippen molar-refractivity contribution in [1.29, 1.82) is 0 Å². The van der Waals surface area contributed by atoms with Crippen molar-refractivity contribution < 1.29 is 23.1 Å². The first-order chi connectivity index (χ1) is 16.1. The smallest absolute Gasteiger partial charge is 0.390 e. The summed E-state index contributed by atoms with van der Waals surface area (Å²) >= 11 is 1.44. The van der Waals surface area contributed by atoms with Crippen LogP contribution in [0, 0.1) is 0 Å². The number of benzene rings is 2. The number of rotatable bonds is 4. The van der Waals surface area contributed by atoms with Gasteiger partial charge in [-0.2, -0.15) is 13.2 Å². The molecule has 34 heavy (non-hydrogen) atoms. The number of hydrogen-bond acceptors (Lipinski definition) is 5. The van der Waals surface area contributed by atoms with Gasteiger partial charge in [-0.3, -0.25) is 0 Å². The van der Waals surface area contributed by atoms with E-state index in [1.165, 1.54) is 23.9 Å². The molecule has 1 atom stereocenters. The van der Waals surface area contributed by atoms with Crippen LogP contribution in [0.25, 0.3) is 0 Å². The predicted octanol–water partition coefficient (Wildman–Crippen LogP) is 4.16. The summed E-state index contributed by atoms with van der Waals surface area (Å²) in [5.74, 6) is 0. The molecule has 10 heteroatoms. The Labute approximate surface area is 200 Å². The highest BCUT2D eigenvalue weighted by atomic mass is 32.2. The molecule has 0 aromatic heterocycles. The van der Waals surface area contributed by atoms with E-state index in [2.05, 4.69) is 10.2 Å². The Morgan fingerprint density at radius 1 is 1.09 bits per heavy atom. The maximum absolute atomic E-state index is 13.4. The number of fused-ring (bicyclic) bond motifs is 2. The van der Waals surface area contributed by atoms with Gasteiger partial charge < -0.3 is 25.1 Å². The fourth-order valence-corrected chi connectivity index (χ4v) is 6.18. The normalized spacial score (nSPS) is 20.8. The van der Waals surface area contributed by atoms with Gasteiger partial charge in [0.1, 0.15) is 0 Å². The Balaban J connectivity index is 1.31. The SMILES string of the molecule is CN1CC2(CCN(CC(O)CN3c4ccccc4Sc4ccc(C(F)(F)F)cc43)CC2)NC1=O.